The van der Waals surface area contributed by atoms with Crippen molar-refractivity contribution in [2.24, 2.45) is 0 Å². The average molecular weight is 555 g/mol. The number of benzene rings is 1. The van der Waals surface area contributed by atoms with E-state index in [1.807, 2.05) is 53.4 Å². The lowest BCUT2D eigenvalue weighted by Crippen LogP contribution is -2.27. The third-order valence-electron chi connectivity index (χ3n) is 6.94. The lowest BCUT2D eigenvalue weighted by molar-refractivity contribution is 0.0526. The van der Waals surface area contributed by atoms with Crippen molar-refractivity contribution in [1.82, 2.24) is 39.3 Å². The third kappa shape index (κ3) is 5.74. The molecule has 1 aromatic carbocycles. The number of imidazole rings is 1. The molecule has 0 unspecified atom stereocenters. The standard InChI is InChI=1S/C30H34N8O3/c1-4-7-10-23-20-38(28-26(29(39)41-6-3)15-17-36(28)16-5-2)30(40)37(23)19-22-14-13-21(18-31-22)24-11-8-9-12-25(24)27-32-34-35-33-27/h8-9,11-15,17-18,20H,4-7,10,16,19H2,1-3H3,(H,32,33,34,35). The molecule has 5 rings (SSSR count). The van der Waals surface area contributed by atoms with Crippen LogP contribution in [0.4, 0.5) is 0 Å². The van der Waals surface area contributed by atoms with E-state index in [-0.39, 0.29) is 12.3 Å². The molecular formula is C30H34N8O3. The number of rotatable bonds is 12. The molecule has 41 heavy (non-hydrogen) atoms. The Morgan fingerprint density at radius 3 is 2.54 bits per heavy atom. The highest BCUT2D eigenvalue weighted by atomic mass is 16.5. The Morgan fingerprint density at radius 2 is 1.85 bits per heavy atom. The van der Waals surface area contributed by atoms with Crippen LogP contribution in [0.5, 0.6) is 0 Å². The molecule has 0 atom stereocenters. The fourth-order valence-electron chi connectivity index (χ4n) is 4.97. The lowest BCUT2D eigenvalue weighted by atomic mass is 10.0. The van der Waals surface area contributed by atoms with Crippen molar-refractivity contribution < 1.29 is 9.53 Å². The maximum Gasteiger partial charge on any atom is 0.341 e. The van der Waals surface area contributed by atoms with Crippen LogP contribution in [0.15, 0.2) is 65.8 Å². The average Bonchev–Trinajstić information content (AvgIpc) is 3.73. The largest absolute Gasteiger partial charge is 0.462 e. The fraction of sp³-hybridized carbons (Fsp3) is 0.333. The number of aryl methyl sites for hydroxylation is 2. The van der Waals surface area contributed by atoms with Crippen molar-refractivity contribution in [2.75, 3.05) is 6.61 Å². The van der Waals surface area contributed by atoms with Crippen LogP contribution in [-0.2, 0) is 24.2 Å². The zero-order chi connectivity index (χ0) is 28.8. The van der Waals surface area contributed by atoms with Crippen LogP contribution in [0, 0.1) is 0 Å². The Kier molecular flexibility index (Phi) is 8.52. The van der Waals surface area contributed by atoms with E-state index in [0.717, 1.165) is 53.8 Å². The van der Waals surface area contributed by atoms with Crippen molar-refractivity contribution in [3.63, 3.8) is 0 Å². The van der Waals surface area contributed by atoms with Gasteiger partial charge in [-0.15, -0.1) is 10.2 Å². The minimum atomic E-state index is -0.439. The second-order valence-corrected chi connectivity index (χ2v) is 9.75. The molecule has 1 N–H and O–H groups in total. The second kappa shape index (κ2) is 12.6. The van der Waals surface area contributed by atoms with Crippen LogP contribution in [0.25, 0.3) is 28.3 Å². The molecule has 5 aromatic rings. The molecule has 0 fully saturated rings. The normalized spacial score (nSPS) is 11.2. The summed E-state index contributed by atoms with van der Waals surface area (Å²) >= 11 is 0. The van der Waals surface area contributed by atoms with Crippen LogP contribution < -0.4 is 5.69 Å². The van der Waals surface area contributed by atoms with Crippen LogP contribution in [0.1, 0.15) is 61.8 Å². The Hall–Kier alpha value is -4.80. The number of hydrogen-bond donors (Lipinski definition) is 1. The van der Waals surface area contributed by atoms with Gasteiger partial charge in [-0.1, -0.05) is 50.6 Å². The summed E-state index contributed by atoms with van der Waals surface area (Å²) < 4.78 is 10.6. The van der Waals surface area contributed by atoms with E-state index in [9.17, 15) is 9.59 Å². The number of hydrogen-bond acceptors (Lipinski definition) is 7. The summed E-state index contributed by atoms with van der Waals surface area (Å²) in [6.45, 7) is 7.19. The Balaban J connectivity index is 1.51. The van der Waals surface area contributed by atoms with Crippen LogP contribution in [0.2, 0.25) is 0 Å². The van der Waals surface area contributed by atoms with E-state index < -0.39 is 5.97 Å². The van der Waals surface area contributed by atoms with Gasteiger partial charge in [0.15, 0.2) is 0 Å². The van der Waals surface area contributed by atoms with Crippen molar-refractivity contribution >= 4 is 5.97 Å². The smallest absolute Gasteiger partial charge is 0.341 e. The molecule has 4 aromatic heterocycles. The first-order valence-electron chi connectivity index (χ1n) is 14.0. The Labute approximate surface area is 237 Å². The lowest BCUT2D eigenvalue weighted by Gasteiger charge is -2.11. The SMILES string of the molecule is CCCCc1cn(-c2c(C(=O)OCC)ccn2CCC)c(=O)n1Cc1ccc(-c2ccccc2-c2nn[nH]n2)cn1. The second-order valence-electron chi connectivity index (χ2n) is 9.75. The van der Waals surface area contributed by atoms with Crippen LogP contribution >= 0.6 is 0 Å². The number of pyridine rings is 1. The summed E-state index contributed by atoms with van der Waals surface area (Å²) in [7, 11) is 0. The predicted octanol–water partition coefficient (Wildman–Crippen LogP) is 4.66. The molecule has 0 radical (unpaired) electrons. The summed E-state index contributed by atoms with van der Waals surface area (Å²) in [5, 5.41) is 14.4. The van der Waals surface area contributed by atoms with Gasteiger partial charge in [0.05, 0.1) is 18.8 Å². The molecule has 0 saturated heterocycles. The molecule has 0 amide bonds. The molecule has 0 bridgehead atoms. The summed E-state index contributed by atoms with van der Waals surface area (Å²) in [4.78, 5) is 31.4. The summed E-state index contributed by atoms with van der Waals surface area (Å²) in [5.74, 6) is 0.604. The molecule has 0 saturated carbocycles. The summed E-state index contributed by atoms with van der Waals surface area (Å²) in [5.41, 5.74) is 4.49. The number of carbonyl (C=O) groups excluding carboxylic acids is 1. The molecule has 0 aliphatic rings. The molecular weight excluding hydrogens is 520 g/mol. The minimum absolute atomic E-state index is 0.217. The molecule has 0 spiro atoms. The highest BCUT2D eigenvalue weighted by molar-refractivity contribution is 5.93. The number of unbranched alkanes of at least 4 members (excludes halogenated alkanes) is 1. The number of ether oxygens (including phenoxy) is 1. The molecule has 0 aliphatic carbocycles. The van der Waals surface area contributed by atoms with E-state index >= 15 is 0 Å². The zero-order valence-electron chi connectivity index (χ0n) is 23.6. The number of carbonyl (C=O) groups is 1. The van der Waals surface area contributed by atoms with Gasteiger partial charge in [0.1, 0.15) is 11.4 Å². The van der Waals surface area contributed by atoms with E-state index in [1.54, 1.807) is 28.3 Å². The van der Waals surface area contributed by atoms with Gasteiger partial charge in [-0.2, -0.15) is 5.21 Å². The highest BCUT2D eigenvalue weighted by Gasteiger charge is 2.23. The number of H-pyrrole nitrogens is 1. The van der Waals surface area contributed by atoms with Gasteiger partial charge in [-0.25, -0.2) is 9.59 Å². The number of esters is 1. The van der Waals surface area contributed by atoms with Gasteiger partial charge in [0.2, 0.25) is 5.82 Å². The van der Waals surface area contributed by atoms with Gasteiger partial charge in [-0.3, -0.25) is 14.1 Å². The van der Waals surface area contributed by atoms with Crippen molar-refractivity contribution in [3.8, 4) is 28.3 Å². The van der Waals surface area contributed by atoms with Gasteiger partial charge in [0.25, 0.3) is 0 Å². The molecule has 212 valence electrons. The van der Waals surface area contributed by atoms with Gasteiger partial charge >= 0.3 is 11.7 Å². The van der Waals surface area contributed by atoms with Crippen LogP contribution in [0.3, 0.4) is 0 Å². The number of tetrazole rings is 1. The van der Waals surface area contributed by atoms with Gasteiger partial charge in [0, 0.05) is 42.0 Å². The van der Waals surface area contributed by atoms with Crippen LogP contribution in [-0.4, -0.2) is 51.9 Å². The van der Waals surface area contributed by atoms with E-state index in [2.05, 4.69) is 34.5 Å². The topological polar surface area (TPSA) is 126 Å². The number of aromatic nitrogens is 8. The highest BCUT2D eigenvalue weighted by Crippen LogP contribution is 2.29. The number of nitrogens with one attached hydrogen (secondary N) is 1. The molecule has 11 heteroatoms. The maximum atomic E-state index is 13.9. The fourth-order valence-corrected chi connectivity index (χ4v) is 4.97. The van der Waals surface area contributed by atoms with Crippen molar-refractivity contribution in [1.29, 1.82) is 0 Å². The van der Waals surface area contributed by atoms with Crippen molar-refractivity contribution in [2.45, 2.75) is 59.5 Å². The summed E-state index contributed by atoms with van der Waals surface area (Å²) in [6.07, 6.45) is 9.01. The van der Waals surface area contributed by atoms with E-state index in [0.29, 0.717) is 30.3 Å². The zero-order valence-corrected chi connectivity index (χ0v) is 23.6. The van der Waals surface area contributed by atoms with E-state index in [1.165, 1.54) is 0 Å². The molecule has 0 aliphatic heterocycles. The first-order valence-corrected chi connectivity index (χ1v) is 14.0. The van der Waals surface area contributed by atoms with Gasteiger partial charge < -0.3 is 9.30 Å². The molecule has 4 heterocycles. The third-order valence-corrected chi connectivity index (χ3v) is 6.94. The minimum Gasteiger partial charge on any atom is -0.462 e. The predicted molar refractivity (Wildman–Crippen MR) is 155 cm³/mol. The Bertz CT molecular complexity index is 1660. The summed E-state index contributed by atoms with van der Waals surface area (Å²) in [6, 6.07) is 13.5. The number of nitrogens with zero attached hydrogens (tertiary/aromatic N) is 7. The molecule has 11 nitrogen and oxygen atoms in total. The van der Waals surface area contributed by atoms with Crippen molar-refractivity contribution in [3.05, 3.63) is 88.5 Å². The van der Waals surface area contributed by atoms with Gasteiger partial charge in [-0.05, 0) is 49.1 Å². The number of aromatic amines is 1. The maximum absolute atomic E-state index is 13.9. The quantitative estimate of drug-likeness (QED) is 0.222. The first-order chi connectivity index (χ1) is 20.0. The van der Waals surface area contributed by atoms with E-state index in [4.69, 9.17) is 9.72 Å². The first kappa shape index (κ1) is 27.8. The Morgan fingerprint density at radius 1 is 1.02 bits per heavy atom. The monoisotopic (exact) mass is 554 g/mol.